The minimum Gasteiger partial charge on any atom is -0.507 e. The molecule has 2 aromatic carbocycles. The summed E-state index contributed by atoms with van der Waals surface area (Å²) in [6.45, 7) is 9.39. The van der Waals surface area contributed by atoms with Crippen LogP contribution in [0.3, 0.4) is 0 Å². The third kappa shape index (κ3) is 2.77. The van der Waals surface area contributed by atoms with E-state index < -0.39 is 22.7 Å². The maximum absolute atomic E-state index is 13.4. The smallest absolute Gasteiger partial charge is 0.205 e. The fraction of sp³-hybridized carbons (Fsp3) is 0.261. The normalized spacial score (nSPS) is 15.2. The van der Waals surface area contributed by atoms with E-state index in [1.165, 1.54) is 6.07 Å². The van der Waals surface area contributed by atoms with E-state index in [4.69, 9.17) is 9.15 Å². The lowest BCUT2D eigenvalue weighted by Gasteiger charge is -2.13. The summed E-state index contributed by atoms with van der Waals surface area (Å²) in [6, 6.07) is 1.48. The number of ether oxygens (including phenoxy) is 1. The summed E-state index contributed by atoms with van der Waals surface area (Å²) in [5.41, 5.74) is 1.40. The Bertz CT molecular complexity index is 1320. The second-order valence-electron chi connectivity index (χ2n) is 7.88. The lowest BCUT2D eigenvalue weighted by Crippen LogP contribution is -2.13. The van der Waals surface area contributed by atoms with Gasteiger partial charge in [0.25, 0.3) is 0 Å². The van der Waals surface area contributed by atoms with E-state index >= 15 is 0 Å². The van der Waals surface area contributed by atoms with E-state index in [0.29, 0.717) is 17.7 Å². The second-order valence-corrected chi connectivity index (χ2v) is 7.88. The first-order chi connectivity index (χ1) is 14.1. The third-order valence-electron chi connectivity index (χ3n) is 5.40. The van der Waals surface area contributed by atoms with Gasteiger partial charge < -0.3 is 29.6 Å². The van der Waals surface area contributed by atoms with Crippen LogP contribution in [0.2, 0.25) is 0 Å². The van der Waals surface area contributed by atoms with Gasteiger partial charge in [-0.05, 0) is 32.8 Å². The number of hydrogen-bond donors (Lipinski definition) is 4. The fourth-order valence-corrected chi connectivity index (χ4v) is 3.74. The molecule has 0 bridgehead atoms. The SMILES string of the molecule is C=C(C)[C@H]1Cc2c(cc3oc4c(O)c(O)c(O)c(CC=C(C)C)c4c(=O)c3c2O)O1. The fourth-order valence-electron chi connectivity index (χ4n) is 3.74. The van der Waals surface area contributed by atoms with Crippen LogP contribution >= 0.6 is 0 Å². The lowest BCUT2D eigenvalue weighted by atomic mass is 9.98. The second kappa shape index (κ2) is 6.73. The Labute approximate surface area is 171 Å². The predicted molar refractivity (Wildman–Crippen MR) is 113 cm³/mol. The Morgan fingerprint density at radius 1 is 1.10 bits per heavy atom. The molecule has 0 saturated heterocycles. The van der Waals surface area contributed by atoms with Crippen molar-refractivity contribution in [2.45, 2.75) is 39.7 Å². The molecule has 1 aliphatic heterocycles. The maximum Gasteiger partial charge on any atom is 0.205 e. The van der Waals surface area contributed by atoms with Gasteiger partial charge in [-0.3, -0.25) is 4.79 Å². The third-order valence-corrected chi connectivity index (χ3v) is 5.40. The molecule has 0 spiro atoms. The number of fused-ring (bicyclic) bond motifs is 3. The monoisotopic (exact) mass is 410 g/mol. The van der Waals surface area contributed by atoms with Gasteiger partial charge in [-0.25, -0.2) is 0 Å². The number of benzene rings is 2. The van der Waals surface area contributed by atoms with Crippen molar-refractivity contribution < 1.29 is 29.6 Å². The molecule has 0 fully saturated rings. The van der Waals surface area contributed by atoms with Gasteiger partial charge in [0.1, 0.15) is 28.6 Å². The highest BCUT2D eigenvalue weighted by Gasteiger charge is 2.31. The van der Waals surface area contributed by atoms with Crippen LogP contribution < -0.4 is 10.2 Å². The van der Waals surface area contributed by atoms with Crippen LogP contribution in [0.25, 0.3) is 21.9 Å². The number of hydrogen-bond acceptors (Lipinski definition) is 7. The molecule has 0 saturated carbocycles. The molecule has 0 amide bonds. The summed E-state index contributed by atoms with van der Waals surface area (Å²) in [4.78, 5) is 13.4. The van der Waals surface area contributed by atoms with Crippen molar-refractivity contribution in [3.8, 4) is 28.7 Å². The summed E-state index contributed by atoms with van der Waals surface area (Å²) in [6.07, 6.45) is 1.92. The molecule has 1 atom stereocenters. The molecule has 30 heavy (non-hydrogen) atoms. The molecule has 156 valence electrons. The van der Waals surface area contributed by atoms with Crippen molar-refractivity contribution in [1.82, 2.24) is 0 Å². The number of rotatable bonds is 3. The molecule has 0 aliphatic carbocycles. The van der Waals surface area contributed by atoms with Gasteiger partial charge in [0, 0.05) is 23.6 Å². The minimum absolute atomic E-state index is 0.000306. The molecule has 3 aromatic rings. The van der Waals surface area contributed by atoms with E-state index in [2.05, 4.69) is 6.58 Å². The number of aromatic hydroxyl groups is 4. The van der Waals surface area contributed by atoms with Crippen LogP contribution in [0.15, 0.2) is 39.1 Å². The molecular formula is C23H22O7. The average molecular weight is 410 g/mol. The van der Waals surface area contributed by atoms with Gasteiger partial charge >= 0.3 is 0 Å². The van der Waals surface area contributed by atoms with Crippen molar-refractivity contribution in [3.63, 3.8) is 0 Å². The zero-order valence-electron chi connectivity index (χ0n) is 16.9. The molecular weight excluding hydrogens is 388 g/mol. The molecule has 2 heterocycles. The Hall–Kier alpha value is -3.61. The van der Waals surface area contributed by atoms with Crippen molar-refractivity contribution in [2.75, 3.05) is 0 Å². The largest absolute Gasteiger partial charge is 0.507 e. The maximum atomic E-state index is 13.4. The Morgan fingerprint density at radius 2 is 1.80 bits per heavy atom. The van der Waals surface area contributed by atoms with Crippen LogP contribution in [-0.2, 0) is 12.8 Å². The first-order valence-electron chi connectivity index (χ1n) is 9.48. The van der Waals surface area contributed by atoms with E-state index in [-0.39, 0.29) is 45.8 Å². The van der Waals surface area contributed by atoms with Gasteiger partial charge in [-0.15, -0.1) is 0 Å². The zero-order valence-corrected chi connectivity index (χ0v) is 16.9. The van der Waals surface area contributed by atoms with Gasteiger partial charge in [0.2, 0.25) is 16.9 Å². The first-order valence-corrected chi connectivity index (χ1v) is 9.48. The Morgan fingerprint density at radius 3 is 2.43 bits per heavy atom. The van der Waals surface area contributed by atoms with Crippen LogP contribution in [-0.4, -0.2) is 26.5 Å². The summed E-state index contributed by atoms with van der Waals surface area (Å²) in [5.74, 6) is -2.02. The van der Waals surface area contributed by atoms with E-state index in [1.807, 2.05) is 20.8 Å². The zero-order chi connectivity index (χ0) is 21.9. The first kappa shape index (κ1) is 19.7. The molecule has 0 unspecified atom stereocenters. The molecule has 1 aliphatic rings. The summed E-state index contributed by atoms with van der Waals surface area (Å²) >= 11 is 0. The van der Waals surface area contributed by atoms with Crippen molar-refractivity contribution in [3.05, 3.63) is 51.2 Å². The van der Waals surface area contributed by atoms with Crippen molar-refractivity contribution in [2.24, 2.45) is 0 Å². The van der Waals surface area contributed by atoms with Gasteiger partial charge in [0.15, 0.2) is 11.3 Å². The van der Waals surface area contributed by atoms with Gasteiger partial charge in [-0.2, -0.15) is 0 Å². The lowest BCUT2D eigenvalue weighted by molar-refractivity contribution is 0.271. The summed E-state index contributed by atoms with van der Waals surface area (Å²) in [5, 5.41) is 41.6. The van der Waals surface area contributed by atoms with Crippen molar-refractivity contribution in [1.29, 1.82) is 0 Å². The molecule has 4 rings (SSSR count). The molecule has 7 heteroatoms. The summed E-state index contributed by atoms with van der Waals surface area (Å²) in [7, 11) is 0. The van der Waals surface area contributed by atoms with Crippen LogP contribution in [0.4, 0.5) is 0 Å². The van der Waals surface area contributed by atoms with E-state index in [9.17, 15) is 25.2 Å². The Balaban J connectivity index is 2.11. The highest BCUT2D eigenvalue weighted by molar-refractivity contribution is 6.00. The highest BCUT2D eigenvalue weighted by Crippen LogP contribution is 2.47. The van der Waals surface area contributed by atoms with Crippen molar-refractivity contribution >= 4 is 21.9 Å². The molecule has 1 aromatic heterocycles. The topological polar surface area (TPSA) is 120 Å². The average Bonchev–Trinajstić information content (AvgIpc) is 3.11. The summed E-state index contributed by atoms with van der Waals surface area (Å²) < 4.78 is 11.5. The predicted octanol–water partition coefficient (Wildman–Crippen LogP) is 4.16. The quantitative estimate of drug-likeness (QED) is 0.291. The molecule has 4 N–H and O–H groups in total. The van der Waals surface area contributed by atoms with Crippen LogP contribution in [0, 0.1) is 0 Å². The number of phenolic OH excluding ortho intramolecular Hbond substituents is 4. The standard InChI is InChI=1S/C23H22O7/c1-9(2)5-6-11-16-20(26)17-15(30-23(16)22(28)21(27)19(11)25)8-14-12(18(17)24)7-13(29-14)10(3)4/h5,8,13,24-25,27-28H,3,6-7H2,1-2,4H3/t13-/m1/s1. The van der Waals surface area contributed by atoms with Gasteiger partial charge in [-0.1, -0.05) is 18.2 Å². The van der Waals surface area contributed by atoms with Crippen LogP contribution in [0.5, 0.6) is 28.7 Å². The highest BCUT2D eigenvalue weighted by atomic mass is 16.5. The van der Waals surface area contributed by atoms with E-state index in [1.54, 1.807) is 6.08 Å². The Kier molecular flexibility index (Phi) is 4.42. The van der Waals surface area contributed by atoms with E-state index in [0.717, 1.165) is 11.1 Å². The molecule has 7 nitrogen and oxygen atoms in total. The molecule has 0 radical (unpaired) electrons. The van der Waals surface area contributed by atoms with Crippen LogP contribution in [0.1, 0.15) is 31.9 Å². The number of phenols is 4. The number of allylic oxidation sites excluding steroid dienone is 2. The minimum atomic E-state index is -0.772. The van der Waals surface area contributed by atoms with Gasteiger partial charge in [0.05, 0.1) is 5.39 Å².